The van der Waals surface area contributed by atoms with Crippen LogP contribution >= 0.6 is 0 Å². The minimum atomic E-state index is -0.183. The molecule has 2 aromatic rings. The second-order valence-corrected chi connectivity index (χ2v) is 5.70. The number of amides is 2. The Morgan fingerprint density at radius 1 is 1.42 bits per heavy atom. The number of nitrogens with zero attached hydrogens (tertiary/aromatic N) is 3. The van der Waals surface area contributed by atoms with Crippen LogP contribution in [0.3, 0.4) is 0 Å². The summed E-state index contributed by atoms with van der Waals surface area (Å²) in [6.07, 6.45) is 5.83. The van der Waals surface area contributed by atoms with Gasteiger partial charge in [-0.1, -0.05) is 12.1 Å². The highest BCUT2D eigenvalue weighted by atomic mass is 16.5. The molecule has 0 spiro atoms. The van der Waals surface area contributed by atoms with Gasteiger partial charge in [-0.05, 0) is 12.1 Å². The molecule has 1 fully saturated rings. The lowest BCUT2D eigenvalue weighted by molar-refractivity contribution is -0.122. The summed E-state index contributed by atoms with van der Waals surface area (Å²) in [7, 11) is 1.58. The van der Waals surface area contributed by atoms with E-state index in [0.717, 1.165) is 5.69 Å². The number of nitrogens with one attached hydrogen (secondary N) is 1. The van der Waals surface area contributed by atoms with Crippen LogP contribution in [0, 0.1) is 0 Å². The Morgan fingerprint density at radius 3 is 3.00 bits per heavy atom. The molecule has 0 unspecified atom stereocenters. The molecule has 3 rings (SSSR count). The van der Waals surface area contributed by atoms with Crippen LogP contribution in [0.2, 0.25) is 0 Å². The Labute approximate surface area is 140 Å². The van der Waals surface area contributed by atoms with Crippen LogP contribution in [-0.4, -0.2) is 41.1 Å². The number of aryl methyl sites for hydroxylation is 1. The molecule has 1 aromatic heterocycles. The summed E-state index contributed by atoms with van der Waals surface area (Å²) in [5.41, 5.74) is 0.736. The van der Waals surface area contributed by atoms with Crippen molar-refractivity contribution >= 4 is 17.5 Å². The average molecular weight is 328 g/mol. The smallest absolute Gasteiger partial charge is 0.229 e. The molecule has 2 heterocycles. The first-order chi connectivity index (χ1) is 11.7. The number of rotatable bonds is 6. The number of imidazole rings is 1. The highest BCUT2D eigenvalue weighted by Gasteiger charge is 2.32. The zero-order valence-electron chi connectivity index (χ0n) is 13.5. The van der Waals surface area contributed by atoms with E-state index in [-0.39, 0.29) is 17.9 Å². The maximum absolute atomic E-state index is 12.3. The fourth-order valence-corrected chi connectivity index (χ4v) is 2.84. The molecular weight excluding hydrogens is 308 g/mol. The van der Waals surface area contributed by atoms with Gasteiger partial charge in [-0.25, -0.2) is 4.98 Å². The molecule has 0 aliphatic carbocycles. The number of anilines is 1. The fourth-order valence-electron chi connectivity index (χ4n) is 2.84. The standard InChI is InChI=1S/C17H20N4O3/c1-24-15-5-3-2-4-14(15)21-11-13(10-17(21)23)19-16(22)6-8-20-9-7-18-12-20/h2-5,7,9,12-13H,6,8,10-11H2,1H3,(H,19,22)/t13-/m0/s1. The van der Waals surface area contributed by atoms with Gasteiger partial charge in [0, 0.05) is 38.3 Å². The molecule has 0 radical (unpaired) electrons. The third-order valence-electron chi connectivity index (χ3n) is 4.02. The first-order valence-corrected chi connectivity index (χ1v) is 7.86. The minimum absolute atomic E-state index is 0.0144. The third-order valence-corrected chi connectivity index (χ3v) is 4.02. The number of hydrogen-bond acceptors (Lipinski definition) is 4. The maximum atomic E-state index is 12.3. The van der Waals surface area contributed by atoms with Crippen molar-refractivity contribution in [3.8, 4) is 5.75 Å². The molecule has 1 N–H and O–H groups in total. The average Bonchev–Trinajstić information content (AvgIpc) is 3.22. The number of hydrogen-bond donors (Lipinski definition) is 1. The van der Waals surface area contributed by atoms with Crippen molar-refractivity contribution in [1.29, 1.82) is 0 Å². The molecule has 1 aliphatic rings. The van der Waals surface area contributed by atoms with E-state index in [4.69, 9.17) is 4.74 Å². The Balaban J connectivity index is 1.57. The van der Waals surface area contributed by atoms with Crippen molar-refractivity contribution in [2.24, 2.45) is 0 Å². The minimum Gasteiger partial charge on any atom is -0.495 e. The summed E-state index contributed by atoms with van der Waals surface area (Å²) in [4.78, 5) is 30.0. The van der Waals surface area contributed by atoms with Gasteiger partial charge in [0.2, 0.25) is 11.8 Å². The summed E-state index contributed by atoms with van der Waals surface area (Å²) < 4.78 is 7.16. The third kappa shape index (κ3) is 3.56. The van der Waals surface area contributed by atoms with Gasteiger partial charge >= 0.3 is 0 Å². The molecule has 7 nitrogen and oxygen atoms in total. The van der Waals surface area contributed by atoms with E-state index >= 15 is 0 Å². The summed E-state index contributed by atoms with van der Waals surface area (Å²) in [5.74, 6) is 0.570. The van der Waals surface area contributed by atoms with E-state index in [9.17, 15) is 9.59 Å². The number of aromatic nitrogens is 2. The second kappa shape index (κ2) is 7.16. The highest BCUT2D eigenvalue weighted by molar-refractivity contribution is 5.98. The molecule has 1 aromatic carbocycles. The van der Waals surface area contributed by atoms with Gasteiger partial charge in [0.25, 0.3) is 0 Å². The second-order valence-electron chi connectivity index (χ2n) is 5.70. The lowest BCUT2D eigenvalue weighted by Crippen LogP contribution is -2.37. The topological polar surface area (TPSA) is 76.5 Å². The van der Waals surface area contributed by atoms with Crippen molar-refractivity contribution in [1.82, 2.24) is 14.9 Å². The summed E-state index contributed by atoms with van der Waals surface area (Å²) in [6, 6.07) is 7.21. The highest BCUT2D eigenvalue weighted by Crippen LogP contribution is 2.30. The number of methoxy groups -OCH3 is 1. The molecule has 1 aliphatic heterocycles. The van der Waals surface area contributed by atoms with E-state index in [0.29, 0.717) is 31.7 Å². The molecule has 24 heavy (non-hydrogen) atoms. The maximum Gasteiger partial charge on any atom is 0.229 e. The van der Waals surface area contributed by atoms with Gasteiger partial charge in [-0.2, -0.15) is 0 Å². The van der Waals surface area contributed by atoms with Gasteiger partial charge in [0.15, 0.2) is 0 Å². The van der Waals surface area contributed by atoms with E-state index in [1.54, 1.807) is 24.5 Å². The van der Waals surface area contributed by atoms with Gasteiger partial charge in [-0.15, -0.1) is 0 Å². The Kier molecular flexibility index (Phi) is 4.79. The lowest BCUT2D eigenvalue weighted by Gasteiger charge is -2.19. The van der Waals surface area contributed by atoms with Crippen LogP contribution in [0.5, 0.6) is 5.75 Å². The largest absolute Gasteiger partial charge is 0.495 e. The van der Waals surface area contributed by atoms with E-state index in [1.807, 2.05) is 35.0 Å². The normalized spacial score (nSPS) is 17.1. The zero-order valence-corrected chi connectivity index (χ0v) is 13.5. The zero-order chi connectivity index (χ0) is 16.9. The monoisotopic (exact) mass is 328 g/mol. The number of carbonyl (C=O) groups excluding carboxylic acids is 2. The van der Waals surface area contributed by atoms with E-state index in [1.165, 1.54) is 0 Å². The molecule has 126 valence electrons. The van der Waals surface area contributed by atoms with Crippen LogP contribution in [0.25, 0.3) is 0 Å². The molecule has 7 heteroatoms. The van der Waals surface area contributed by atoms with Gasteiger partial charge in [0.05, 0.1) is 25.2 Å². The van der Waals surface area contributed by atoms with E-state index in [2.05, 4.69) is 10.3 Å². The predicted octanol–water partition coefficient (Wildman–Crippen LogP) is 1.20. The van der Waals surface area contributed by atoms with Crippen LogP contribution in [0.4, 0.5) is 5.69 Å². The Bertz CT molecular complexity index is 714. The summed E-state index contributed by atoms with van der Waals surface area (Å²) in [6.45, 7) is 1.03. The van der Waals surface area contributed by atoms with Gasteiger partial charge in [0.1, 0.15) is 5.75 Å². The number of ether oxygens (including phenoxy) is 1. The van der Waals surface area contributed by atoms with Crippen LogP contribution in [-0.2, 0) is 16.1 Å². The Hall–Kier alpha value is -2.83. The number of carbonyl (C=O) groups is 2. The van der Waals surface area contributed by atoms with Gasteiger partial charge < -0.3 is 19.5 Å². The first kappa shape index (κ1) is 16.0. The van der Waals surface area contributed by atoms with Crippen molar-refractivity contribution in [2.45, 2.75) is 25.4 Å². The predicted molar refractivity (Wildman–Crippen MR) is 88.7 cm³/mol. The van der Waals surface area contributed by atoms with E-state index < -0.39 is 0 Å². The van der Waals surface area contributed by atoms with Gasteiger partial charge in [-0.3, -0.25) is 9.59 Å². The molecule has 2 amide bonds. The van der Waals surface area contributed by atoms with Crippen molar-refractivity contribution in [3.63, 3.8) is 0 Å². The van der Waals surface area contributed by atoms with Crippen LogP contribution in [0.15, 0.2) is 43.0 Å². The molecular formula is C17H20N4O3. The number of benzene rings is 1. The van der Waals surface area contributed by atoms with Crippen LogP contribution in [0.1, 0.15) is 12.8 Å². The lowest BCUT2D eigenvalue weighted by atomic mass is 10.2. The Morgan fingerprint density at radius 2 is 2.25 bits per heavy atom. The quantitative estimate of drug-likeness (QED) is 0.864. The summed E-state index contributed by atoms with van der Waals surface area (Å²) in [5, 5.41) is 2.93. The molecule has 0 bridgehead atoms. The van der Waals surface area contributed by atoms with Crippen molar-refractivity contribution < 1.29 is 14.3 Å². The van der Waals surface area contributed by atoms with Crippen molar-refractivity contribution in [2.75, 3.05) is 18.6 Å². The fraction of sp³-hybridized carbons (Fsp3) is 0.353. The molecule has 1 saturated heterocycles. The summed E-state index contributed by atoms with van der Waals surface area (Å²) >= 11 is 0. The van der Waals surface area contributed by atoms with Crippen molar-refractivity contribution in [3.05, 3.63) is 43.0 Å². The number of para-hydroxylation sites is 2. The first-order valence-electron chi connectivity index (χ1n) is 7.86. The SMILES string of the molecule is COc1ccccc1N1C[C@@H](NC(=O)CCn2ccnc2)CC1=O. The molecule has 1 atom stereocenters. The molecule has 0 saturated carbocycles. The van der Waals surface area contributed by atoms with Crippen LogP contribution < -0.4 is 15.0 Å².